The zero-order valence-corrected chi connectivity index (χ0v) is 14.1. The van der Waals surface area contributed by atoms with E-state index in [0.29, 0.717) is 13.1 Å². The number of fused-ring (bicyclic) bond motifs is 1. The van der Waals surface area contributed by atoms with E-state index in [1.807, 2.05) is 54.2 Å². The molecule has 5 heteroatoms. The van der Waals surface area contributed by atoms with Crippen molar-refractivity contribution in [1.29, 1.82) is 0 Å². The highest BCUT2D eigenvalue weighted by molar-refractivity contribution is 5.94. The number of hydrogen-bond donors (Lipinski definition) is 1. The maximum absolute atomic E-state index is 12.5. The molecule has 1 aromatic heterocycles. The van der Waals surface area contributed by atoms with Crippen molar-refractivity contribution in [1.82, 2.24) is 14.5 Å². The first kappa shape index (κ1) is 15.6. The van der Waals surface area contributed by atoms with Crippen LogP contribution in [0.2, 0.25) is 0 Å². The maximum Gasteiger partial charge on any atom is 0.238 e. The van der Waals surface area contributed by atoms with E-state index < -0.39 is 0 Å². The smallest absolute Gasteiger partial charge is 0.238 e. The number of nitrogens with zero attached hydrogens (tertiary/aromatic N) is 3. The van der Waals surface area contributed by atoms with Crippen LogP contribution in [0.4, 0.5) is 5.69 Å². The number of benzene rings is 2. The second-order valence-electron chi connectivity index (χ2n) is 6.35. The minimum absolute atomic E-state index is 0.00579. The lowest BCUT2D eigenvalue weighted by Gasteiger charge is -2.30. The Bertz CT molecular complexity index is 887. The molecule has 0 saturated heterocycles. The van der Waals surface area contributed by atoms with Gasteiger partial charge in [-0.3, -0.25) is 9.69 Å². The molecule has 25 heavy (non-hydrogen) atoms. The summed E-state index contributed by atoms with van der Waals surface area (Å²) in [5.74, 6) is 0.00745. The van der Waals surface area contributed by atoms with Gasteiger partial charge in [0, 0.05) is 25.5 Å². The van der Waals surface area contributed by atoms with E-state index in [2.05, 4.69) is 33.4 Å². The van der Waals surface area contributed by atoms with Gasteiger partial charge in [0.25, 0.3) is 0 Å². The molecule has 1 aliphatic rings. The molecule has 126 valence electrons. The summed E-state index contributed by atoms with van der Waals surface area (Å²) in [4.78, 5) is 18.9. The maximum atomic E-state index is 12.5. The summed E-state index contributed by atoms with van der Waals surface area (Å²) < 4.78 is 2.00. The summed E-state index contributed by atoms with van der Waals surface area (Å²) in [6.07, 6.45) is 3.65. The highest BCUT2D eigenvalue weighted by Crippen LogP contribution is 2.36. The summed E-state index contributed by atoms with van der Waals surface area (Å²) in [5.41, 5.74) is 4.25. The van der Waals surface area contributed by atoms with Gasteiger partial charge in [-0.25, -0.2) is 4.98 Å². The Labute approximate surface area is 146 Å². The van der Waals surface area contributed by atoms with Crippen LogP contribution >= 0.6 is 0 Å². The Morgan fingerprint density at radius 3 is 2.64 bits per heavy atom. The number of amides is 1. The number of carbonyl (C=O) groups is 1. The zero-order valence-electron chi connectivity index (χ0n) is 14.1. The Morgan fingerprint density at radius 1 is 1.12 bits per heavy atom. The summed E-state index contributed by atoms with van der Waals surface area (Å²) in [6, 6.07) is 18.4. The van der Waals surface area contributed by atoms with Crippen LogP contribution in [0.3, 0.4) is 0 Å². The van der Waals surface area contributed by atoms with Crippen LogP contribution in [0.25, 0.3) is 0 Å². The number of imidazole rings is 1. The Morgan fingerprint density at radius 2 is 1.88 bits per heavy atom. The number of rotatable bonds is 3. The van der Waals surface area contributed by atoms with E-state index in [-0.39, 0.29) is 11.9 Å². The van der Waals surface area contributed by atoms with Crippen molar-refractivity contribution in [3.8, 4) is 0 Å². The molecule has 4 rings (SSSR count). The summed E-state index contributed by atoms with van der Waals surface area (Å²) in [5, 5.41) is 3.04. The third-order valence-electron chi connectivity index (χ3n) is 4.64. The molecule has 0 spiro atoms. The van der Waals surface area contributed by atoms with Crippen molar-refractivity contribution in [3.05, 3.63) is 83.9 Å². The van der Waals surface area contributed by atoms with Gasteiger partial charge < -0.3 is 9.88 Å². The van der Waals surface area contributed by atoms with Crippen molar-refractivity contribution in [2.45, 2.75) is 12.6 Å². The van der Waals surface area contributed by atoms with E-state index in [9.17, 15) is 4.79 Å². The monoisotopic (exact) mass is 332 g/mol. The van der Waals surface area contributed by atoms with Gasteiger partial charge in [0.05, 0.1) is 24.6 Å². The third kappa shape index (κ3) is 3.06. The summed E-state index contributed by atoms with van der Waals surface area (Å²) in [7, 11) is 1.98. The largest absolute Gasteiger partial charge is 0.337 e. The molecule has 0 fully saturated rings. The molecule has 2 aromatic carbocycles. The minimum Gasteiger partial charge on any atom is -0.337 e. The molecule has 3 aromatic rings. The number of anilines is 1. The normalized spacial score (nSPS) is 17.6. The molecule has 1 amide bonds. The van der Waals surface area contributed by atoms with Crippen LogP contribution in [0.5, 0.6) is 0 Å². The molecule has 1 N–H and O–H groups in total. The Hall–Kier alpha value is -2.92. The number of aromatic nitrogens is 2. The lowest BCUT2D eigenvalue weighted by Crippen LogP contribution is -2.34. The van der Waals surface area contributed by atoms with Crippen molar-refractivity contribution in [2.75, 3.05) is 11.9 Å². The van der Waals surface area contributed by atoms with Crippen molar-refractivity contribution in [2.24, 2.45) is 7.05 Å². The predicted molar refractivity (Wildman–Crippen MR) is 97.0 cm³/mol. The fraction of sp³-hybridized carbons (Fsp3) is 0.200. The Kier molecular flexibility index (Phi) is 4.07. The van der Waals surface area contributed by atoms with E-state index in [1.54, 1.807) is 6.33 Å². The molecule has 5 nitrogen and oxygen atoms in total. The van der Waals surface area contributed by atoms with Gasteiger partial charge in [0.15, 0.2) is 0 Å². The molecule has 2 heterocycles. The van der Waals surface area contributed by atoms with Crippen LogP contribution in [-0.2, 0) is 18.4 Å². The van der Waals surface area contributed by atoms with Crippen LogP contribution in [-0.4, -0.2) is 26.9 Å². The lowest BCUT2D eigenvalue weighted by molar-refractivity contribution is -0.117. The SMILES string of the molecule is Cn1cncc1CN1CC(=O)Nc2ccccc2C1c1ccccc1. The molecular weight excluding hydrogens is 312 g/mol. The van der Waals surface area contributed by atoms with Gasteiger partial charge >= 0.3 is 0 Å². The van der Waals surface area contributed by atoms with Gasteiger partial charge in [0.2, 0.25) is 5.91 Å². The van der Waals surface area contributed by atoms with Gasteiger partial charge in [-0.15, -0.1) is 0 Å². The van der Waals surface area contributed by atoms with Crippen LogP contribution in [0, 0.1) is 0 Å². The standard InChI is InChI=1S/C20H20N4O/c1-23-14-21-11-16(23)12-24-13-19(25)22-18-10-6-5-9-17(18)20(24)15-7-3-2-4-8-15/h2-11,14,20H,12-13H2,1H3,(H,22,25). The zero-order chi connectivity index (χ0) is 17.2. The van der Waals surface area contributed by atoms with Crippen LogP contribution < -0.4 is 5.32 Å². The van der Waals surface area contributed by atoms with E-state index in [1.165, 1.54) is 5.56 Å². The average molecular weight is 332 g/mol. The number of aryl methyl sites for hydroxylation is 1. The quantitative estimate of drug-likeness (QED) is 0.802. The lowest BCUT2D eigenvalue weighted by atomic mass is 9.96. The molecule has 0 radical (unpaired) electrons. The van der Waals surface area contributed by atoms with E-state index >= 15 is 0 Å². The summed E-state index contributed by atoms with van der Waals surface area (Å²) in [6.45, 7) is 0.983. The number of para-hydroxylation sites is 1. The fourth-order valence-electron chi connectivity index (χ4n) is 3.43. The van der Waals surface area contributed by atoms with Crippen molar-refractivity contribution >= 4 is 11.6 Å². The fourth-order valence-corrected chi connectivity index (χ4v) is 3.43. The molecule has 1 unspecified atom stereocenters. The van der Waals surface area contributed by atoms with Gasteiger partial charge in [-0.1, -0.05) is 48.5 Å². The first-order valence-electron chi connectivity index (χ1n) is 8.35. The summed E-state index contributed by atoms with van der Waals surface area (Å²) >= 11 is 0. The van der Waals surface area contributed by atoms with Gasteiger partial charge in [0.1, 0.15) is 0 Å². The minimum atomic E-state index is 0.00579. The highest BCUT2D eigenvalue weighted by atomic mass is 16.2. The first-order chi connectivity index (χ1) is 12.2. The number of nitrogens with one attached hydrogen (secondary N) is 1. The van der Waals surface area contributed by atoms with E-state index in [0.717, 1.165) is 16.9 Å². The van der Waals surface area contributed by atoms with Crippen LogP contribution in [0.1, 0.15) is 22.9 Å². The average Bonchev–Trinajstić information content (AvgIpc) is 2.95. The predicted octanol–water partition coefficient (Wildman–Crippen LogP) is 2.96. The molecule has 0 bridgehead atoms. The number of carbonyl (C=O) groups excluding carboxylic acids is 1. The van der Waals surface area contributed by atoms with Gasteiger partial charge in [-0.05, 0) is 17.2 Å². The Balaban J connectivity index is 1.82. The van der Waals surface area contributed by atoms with Crippen molar-refractivity contribution in [3.63, 3.8) is 0 Å². The van der Waals surface area contributed by atoms with Crippen molar-refractivity contribution < 1.29 is 4.79 Å². The van der Waals surface area contributed by atoms with Crippen LogP contribution in [0.15, 0.2) is 67.1 Å². The second kappa shape index (κ2) is 6.53. The molecule has 1 aliphatic heterocycles. The number of hydrogen-bond acceptors (Lipinski definition) is 3. The first-order valence-corrected chi connectivity index (χ1v) is 8.35. The van der Waals surface area contributed by atoms with Gasteiger partial charge in [-0.2, -0.15) is 0 Å². The molecule has 0 saturated carbocycles. The second-order valence-corrected chi connectivity index (χ2v) is 6.35. The molecule has 0 aliphatic carbocycles. The highest BCUT2D eigenvalue weighted by Gasteiger charge is 2.30. The topological polar surface area (TPSA) is 50.2 Å². The molecular formula is C20H20N4O. The van der Waals surface area contributed by atoms with E-state index in [4.69, 9.17) is 0 Å². The third-order valence-corrected chi connectivity index (χ3v) is 4.64. The molecule has 1 atom stereocenters.